The average molecular weight is 673 g/mol. The summed E-state index contributed by atoms with van der Waals surface area (Å²) >= 11 is 1.77. The zero-order chi connectivity index (χ0) is 31.6. The molecule has 1 heterocycles. The molecule has 0 radical (unpaired) electrons. The van der Waals surface area contributed by atoms with Crippen molar-refractivity contribution in [1.29, 1.82) is 0 Å². The Morgan fingerprint density at radius 2 is 1.10 bits per heavy atom. The highest BCUT2D eigenvalue weighted by Crippen LogP contribution is 2.36. The van der Waals surface area contributed by atoms with Gasteiger partial charge in [0.1, 0.15) is 6.61 Å². The lowest BCUT2D eigenvalue weighted by atomic mass is 10.3. The van der Waals surface area contributed by atoms with E-state index in [1.54, 1.807) is 25.6 Å². The van der Waals surface area contributed by atoms with E-state index < -0.39 is 31.1 Å². The van der Waals surface area contributed by atoms with E-state index in [2.05, 4.69) is 17.0 Å². The van der Waals surface area contributed by atoms with Gasteiger partial charge in [-0.05, 0) is 0 Å². The second-order valence-corrected chi connectivity index (χ2v) is 11.9. The van der Waals surface area contributed by atoms with Crippen molar-refractivity contribution in [3.63, 3.8) is 0 Å². The van der Waals surface area contributed by atoms with Crippen molar-refractivity contribution in [2.75, 3.05) is 80.3 Å². The Hall–Kier alpha value is -1.17. The number of sulfonamides is 2. The number of alkyl halides is 6. The maximum absolute atomic E-state index is 11.4. The second-order valence-electron chi connectivity index (χ2n) is 7.53. The normalized spacial score (nSPS) is 12.8. The van der Waals surface area contributed by atoms with Crippen LogP contribution < -0.4 is 4.57 Å². The highest BCUT2D eigenvalue weighted by Gasteiger charge is 2.46. The van der Waals surface area contributed by atoms with Crippen LogP contribution in [0.15, 0.2) is 5.51 Å². The first-order valence-electron chi connectivity index (χ1n) is 11.6. The number of nitrogens with zero attached hydrogens (tertiary/aromatic N) is 2. The van der Waals surface area contributed by atoms with Gasteiger partial charge in [-0.25, -0.2) is 16.8 Å². The zero-order valence-electron chi connectivity index (χ0n) is 22.5. The summed E-state index contributed by atoms with van der Waals surface area (Å²) in [6, 6.07) is 0. The molecule has 0 unspecified atom stereocenters. The van der Waals surface area contributed by atoms with E-state index in [-0.39, 0.29) is 0 Å². The predicted octanol–water partition coefficient (Wildman–Crippen LogP) is 2.31. The first-order valence-corrected chi connectivity index (χ1v) is 15.4. The number of aromatic nitrogens is 1. The van der Waals surface area contributed by atoms with Crippen molar-refractivity contribution >= 4 is 31.4 Å². The smallest absolute Gasteiger partial charge is 0.421 e. The molecule has 0 aliphatic carbocycles. The molecule has 0 spiro atoms. The molecule has 0 atom stereocenters. The van der Waals surface area contributed by atoms with Gasteiger partial charge in [0.05, 0.1) is 64.3 Å². The fourth-order valence-corrected chi connectivity index (χ4v) is 5.10. The van der Waals surface area contributed by atoms with Crippen molar-refractivity contribution in [3.05, 3.63) is 20.2 Å². The molecule has 0 bridgehead atoms. The fraction of sp³-hybridized carbons (Fsp3) is 0.850. The minimum atomic E-state index is -6.72. The van der Waals surface area contributed by atoms with Gasteiger partial charge in [-0.15, -0.1) is 0 Å². The van der Waals surface area contributed by atoms with Gasteiger partial charge in [0.15, 0.2) is 32.3 Å². The number of halogens is 6. The number of ether oxygens (including phenoxy) is 6. The van der Waals surface area contributed by atoms with Crippen molar-refractivity contribution in [2.24, 2.45) is 0 Å². The molecule has 1 rings (SSSR count). The maximum Gasteiger partial charge on any atom is 0.480 e. The molecule has 1 aromatic heterocycles. The van der Waals surface area contributed by atoms with Crippen LogP contribution in [0.5, 0.6) is 0 Å². The van der Waals surface area contributed by atoms with Crippen LogP contribution in [-0.2, 0) is 61.4 Å². The molecule has 12 nitrogen and oxygen atoms in total. The highest BCUT2D eigenvalue weighted by atomic mass is 32.3. The molecule has 1 aromatic rings. The third kappa shape index (κ3) is 16.9. The van der Waals surface area contributed by atoms with Crippen molar-refractivity contribution in [1.82, 2.24) is 0 Å². The minimum absolute atomic E-state index is 0.606. The quantitative estimate of drug-likeness (QED) is 0.115. The van der Waals surface area contributed by atoms with Crippen molar-refractivity contribution < 1.29 is 76.2 Å². The molecule has 21 heteroatoms. The Balaban J connectivity index is 0.000000909. The Morgan fingerprint density at radius 1 is 0.707 bits per heavy atom. The van der Waals surface area contributed by atoms with E-state index in [0.29, 0.717) is 66.1 Å². The van der Waals surface area contributed by atoms with Gasteiger partial charge in [0, 0.05) is 27.6 Å². The molecular formula is C20H34F6N2O10S3. The minimum Gasteiger partial charge on any atom is -0.421 e. The molecule has 0 saturated heterocycles. The molecule has 0 aliphatic rings. The van der Waals surface area contributed by atoms with E-state index in [9.17, 15) is 43.2 Å². The summed E-state index contributed by atoms with van der Waals surface area (Å²) in [5.41, 5.74) is -8.97. The van der Waals surface area contributed by atoms with E-state index in [4.69, 9.17) is 28.4 Å². The summed E-state index contributed by atoms with van der Waals surface area (Å²) in [4.78, 5) is 1.35. The standard InChI is InChI=1S/C18H34NO6S.C2F6NO4S2/c1-17-18(4-6-22-12-14-24-10-8-20-2)26-16-19(17)5-7-23-13-15-25-11-9-21-3;3-1(4,5)14(10,11)9-15(12,13)2(6,7)8/h16H,4-15H2,1-3H3;/q+1;-1. The van der Waals surface area contributed by atoms with Crippen LogP contribution in [0.2, 0.25) is 0 Å². The molecule has 244 valence electrons. The molecule has 0 fully saturated rings. The number of thiazole rings is 1. The predicted molar refractivity (Wildman–Crippen MR) is 133 cm³/mol. The van der Waals surface area contributed by atoms with Gasteiger partial charge in [0.2, 0.25) is 5.51 Å². The Morgan fingerprint density at radius 3 is 1.51 bits per heavy atom. The van der Waals surface area contributed by atoms with Crippen molar-refractivity contribution in [2.45, 2.75) is 30.9 Å². The van der Waals surface area contributed by atoms with E-state index >= 15 is 0 Å². The molecule has 0 aliphatic heterocycles. The highest BCUT2D eigenvalue weighted by molar-refractivity contribution is 8.13. The lowest BCUT2D eigenvalue weighted by Crippen LogP contribution is -2.37. The summed E-state index contributed by atoms with van der Waals surface area (Å²) in [6.07, 6.45) is 0.926. The topological polar surface area (TPSA) is 142 Å². The van der Waals surface area contributed by atoms with Gasteiger partial charge >= 0.3 is 11.0 Å². The number of hydrogen-bond acceptors (Lipinski definition) is 11. The average Bonchev–Trinajstić information content (AvgIpc) is 3.20. The lowest BCUT2D eigenvalue weighted by molar-refractivity contribution is -0.699. The Labute approximate surface area is 238 Å². The fourth-order valence-electron chi connectivity index (χ4n) is 2.38. The zero-order valence-corrected chi connectivity index (χ0v) is 25.0. The molecule has 0 saturated carbocycles. The van der Waals surface area contributed by atoms with Crippen LogP contribution in [0, 0.1) is 6.92 Å². The Kier molecular flexibility index (Phi) is 19.3. The number of rotatable bonds is 20. The van der Waals surface area contributed by atoms with Gasteiger partial charge in [-0.1, -0.05) is 11.3 Å². The second kappa shape index (κ2) is 19.9. The van der Waals surface area contributed by atoms with Crippen LogP contribution in [0.25, 0.3) is 4.13 Å². The van der Waals surface area contributed by atoms with Crippen molar-refractivity contribution in [3.8, 4) is 0 Å². The van der Waals surface area contributed by atoms with Gasteiger partial charge in [-0.2, -0.15) is 30.9 Å². The number of methoxy groups -OCH3 is 2. The first kappa shape index (κ1) is 39.8. The lowest BCUT2D eigenvalue weighted by Gasteiger charge is -2.22. The van der Waals surface area contributed by atoms with Crippen LogP contribution >= 0.6 is 11.3 Å². The van der Waals surface area contributed by atoms with E-state index in [1.165, 1.54) is 10.6 Å². The maximum atomic E-state index is 11.4. The monoisotopic (exact) mass is 672 g/mol. The van der Waals surface area contributed by atoms with Crippen LogP contribution in [-0.4, -0.2) is 108 Å². The summed E-state index contributed by atoms with van der Waals surface area (Å²) in [5.74, 6) is 0. The molecule has 0 N–H and O–H groups in total. The van der Waals surface area contributed by atoms with E-state index in [0.717, 1.165) is 17.1 Å². The molecule has 41 heavy (non-hydrogen) atoms. The third-order valence-electron chi connectivity index (χ3n) is 4.50. The van der Waals surface area contributed by atoms with Crippen LogP contribution in [0.4, 0.5) is 26.3 Å². The summed E-state index contributed by atoms with van der Waals surface area (Å²) < 4.78 is 143. The number of hydrogen-bond donors (Lipinski definition) is 0. The summed E-state index contributed by atoms with van der Waals surface area (Å²) in [7, 11) is -10.1. The first-order chi connectivity index (χ1) is 19.0. The van der Waals surface area contributed by atoms with Crippen LogP contribution in [0.1, 0.15) is 10.6 Å². The van der Waals surface area contributed by atoms with Gasteiger partial charge in [0.25, 0.3) is 0 Å². The summed E-state index contributed by atoms with van der Waals surface area (Å²) in [5, 5.41) is 0. The van der Waals surface area contributed by atoms with Gasteiger partial charge < -0.3 is 32.5 Å². The largest absolute Gasteiger partial charge is 0.480 e. The van der Waals surface area contributed by atoms with Crippen LogP contribution in [0.3, 0.4) is 0 Å². The van der Waals surface area contributed by atoms with Gasteiger partial charge in [-0.3, -0.25) is 0 Å². The SMILES string of the molecule is COCCOCCOCCc1sc[n+](CCOCCOCCOC)c1C.O=S(=O)([N-]S(=O)(=O)C(F)(F)F)C(F)(F)F. The summed E-state index contributed by atoms with van der Waals surface area (Å²) in [6.45, 7) is 9.32. The molecule has 0 amide bonds. The molecular weight excluding hydrogens is 638 g/mol. The third-order valence-corrected chi connectivity index (χ3v) is 8.38. The Bertz CT molecular complexity index is 972. The van der Waals surface area contributed by atoms with E-state index in [1.807, 2.05) is 0 Å². The molecule has 0 aromatic carbocycles.